The Labute approximate surface area is 177 Å². The zero-order chi connectivity index (χ0) is 20.1. The number of nitrogens with zero attached hydrogens (tertiary/aromatic N) is 3. The summed E-state index contributed by atoms with van der Waals surface area (Å²) in [5, 5.41) is 14.7. The third kappa shape index (κ3) is 4.84. The highest BCUT2D eigenvalue weighted by atomic mass is 35.5. The Hall–Kier alpha value is -2.09. The van der Waals surface area contributed by atoms with Crippen molar-refractivity contribution in [3.05, 3.63) is 58.3 Å². The minimum absolute atomic E-state index is 0.148. The van der Waals surface area contributed by atoms with E-state index in [9.17, 15) is 4.79 Å². The van der Waals surface area contributed by atoms with Gasteiger partial charge in [0.15, 0.2) is 11.0 Å². The first kappa shape index (κ1) is 20.6. The van der Waals surface area contributed by atoms with Gasteiger partial charge in [0.1, 0.15) is 0 Å². The molecule has 0 radical (unpaired) electrons. The summed E-state index contributed by atoms with van der Waals surface area (Å²) in [5.41, 5.74) is 1.64. The molecule has 28 heavy (non-hydrogen) atoms. The zero-order valence-electron chi connectivity index (χ0n) is 15.7. The van der Waals surface area contributed by atoms with Gasteiger partial charge >= 0.3 is 0 Å². The van der Waals surface area contributed by atoms with Gasteiger partial charge in [0, 0.05) is 22.4 Å². The summed E-state index contributed by atoms with van der Waals surface area (Å²) < 4.78 is 1.98. The second kappa shape index (κ2) is 9.41. The van der Waals surface area contributed by atoms with E-state index >= 15 is 0 Å². The molecule has 1 amide bonds. The average molecular weight is 433 g/mol. The van der Waals surface area contributed by atoms with Crippen LogP contribution in [0.1, 0.15) is 24.6 Å². The predicted octanol–water partition coefficient (Wildman–Crippen LogP) is 5.70. The second-order valence-electron chi connectivity index (χ2n) is 6.41. The monoisotopic (exact) mass is 432 g/mol. The number of halogens is 1. The van der Waals surface area contributed by atoms with Crippen molar-refractivity contribution in [1.29, 1.82) is 0 Å². The van der Waals surface area contributed by atoms with Crippen molar-refractivity contribution in [3.63, 3.8) is 0 Å². The third-order valence-electron chi connectivity index (χ3n) is 3.96. The summed E-state index contributed by atoms with van der Waals surface area (Å²) in [6.45, 7) is 8.74. The number of carbonyl (C=O) groups excluding carboxylic acids is 1. The molecule has 0 fully saturated rings. The van der Waals surface area contributed by atoms with Gasteiger partial charge in [0.25, 0.3) is 0 Å². The second-order valence-corrected chi connectivity index (χ2v) is 8.71. The number of aromatic nitrogens is 3. The maximum Gasteiger partial charge on any atom is 0.234 e. The van der Waals surface area contributed by atoms with E-state index in [0.29, 0.717) is 28.3 Å². The number of hydrogen-bond donors (Lipinski definition) is 1. The smallest absolute Gasteiger partial charge is 0.234 e. The first-order valence-electron chi connectivity index (χ1n) is 8.79. The summed E-state index contributed by atoms with van der Waals surface area (Å²) in [5.74, 6) is 1.32. The highest BCUT2D eigenvalue weighted by Gasteiger charge is 2.17. The molecule has 1 N–H and O–H groups in total. The van der Waals surface area contributed by atoms with Gasteiger partial charge in [-0.3, -0.25) is 9.36 Å². The molecule has 0 atom stereocenters. The van der Waals surface area contributed by atoms with Crippen LogP contribution < -0.4 is 5.32 Å². The Morgan fingerprint density at radius 3 is 2.86 bits per heavy atom. The van der Waals surface area contributed by atoms with Crippen molar-refractivity contribution < 1.29 is 4.79 Å². The van der Waals surface area contributed by atoms with Gasteiger partial charge in [0.2, 0.25) is 5.91 Å². The van der Waals surface area contributed by atoms with Gasteiger partial charge in [-0.15, -0.1) is 28.1 Å². The maximum atomic E-state index is 12.3. The molecule has 0 saturated carbocycles. The molecule has 0 aliphatic carbocycles. The van der Waals surface area contributed by atoms with Crippen LogP contribution in [0, 0.1) is 0 Å². The molecule has 8 heteroatoms. The molecule has 146 valence electrons. The normalized spacial score (nSPS) is 11.0. The molecule has 0 aliphatic rings. The molecule has 5 nitrogen and oxygen atoms in total. The van der Waals surface area contributed by atoms with Crippen LogP contribution >= 0.6 is 34.7 Å². The molecule has 0 unspecified atom stereocenters. The van der Waals surface area contributed by atoms with Crippen LogP contribution in [0.25, 0.3) is 11.4 Å². The lowest BCUT2D eigenvalue weighted by Gasteiger charge is -2.08. The minimum atomic E-state index is -0.148. The number of nitrogens with one attached hydrogen (secondary N) is 1. The lowest BCUT2D eigenvalue weighted by Crippen LogP contribution is -2.15. The fourth-order valence-electron chi connectivity index (χ4n) is 2.55. The van der Waals surface area contributed by atoms with E-state index in [1.807, 2.05) is 16.7 Å². The lowest BCUT2D eigenvalue weighted by molar-refractivity contribution is -0.113. The minimum Gasteiger partial charge on any atom is -0.324 e. The first-order chi connectivity index (χ1) is 13.5. The van der Waals surface area contributed by atoms with Gasteiger partial charge in [0.05, 0.1) is 16.5 Å². The predicted molar refractivity (Wildman–Crippen MR) is 118 cm³/mol. The van der Waals surface area contributed by atoms with Crippen LogP contribution in [-0.4, -0.2) is 26.4 Å². The summed E-state index contributed by atoms with van der Waals surface area (Å²) >= 11 is 9.15. The third-order valence-corrected chi connectivity index (χ3v) is 6.49. The number of benzene rings is 1. The van der Waals surface area contributed by atoms with E-state index in [0.717, 1.165) is 11.4 Å². The van der Waals surface area contributed by atoms with E-state index in [1.165, 1.54) is 16.6 Å². The van der Waals surface area contributed by atoms with Crippen LogP contribution in [-0.2, 0) is 11.3 Å². The van der Waals surface area contributed by atoms with Crippen LogP contribution in [0.15, 0.2) is 53.5 Å². The molecule has 2 heterocycles. The molecular weight excluding hydrogens is 412 g/mol. The van der Waals surface area contributed by atoms with Crippen molar-refractivity contribution in [3.8, 4) is 11.4 Å². The Bertz CT molecular complexity index is 980. The summed E-state index contributed by atoms with van der Waals surface area (Å²) in [6, 6.07) is 9.31. The number of thiophene rings is 1. The molecule has 0 saturated heterocycles. The molecular formula is C20H21ClN4OS2. The largest absolute Gasteiger partial charge is 0.324 e. The van der Waals surface area contributed by atoms with Crippen molar-refractivity contribution in [2.24, 2.45) is 0 Å². The molecule has 1 aromatic carbocycles. The van der Waals surface area contributed by atoms with Gasteiger partial charge in [-0.1, -0.05) is 55.4 Å². The Morgan fingerprint density at radius 1 is 1.39 bits per heavy atom. The Morgan fingerprint density at radius 2 is 2.18 bits per heavy atom. The van der Waals surface area contributed by atoms with E-state index in [2.05, 4.69) is 47.4 Å². The topological polar surface area (TPSA) is 59.8 Å². The summed E-state index contributed by atoms with van der Waals surface area (Å²) in [7, 11) is 0. The SMILES string of the molecule is C=CCn1c(SCC(=O)Nc2ccccc2Cl)nnc1-c1csc(C(C)C)c1. The number of amides is 1. The van der Waals surface area contributed by atoms with Gasteiger partial charge in [-0.25, -0.2) is 0 Å². The summed E-state index contributed by atoms with van der Waals surface area (Å²) in [6.07, 6.45) is 1.80. The number of thioether (sulfide) groups is 1. The number of hydrogen-bond acceptors (Lipinski definition) is 5. The zero-order valence-corrected chi connectivity index (χ0v) is 18.1. The van der Waals surface area contributed by atoms with E-state index in [-0.39, 0.29) is 11.7 Å². The van der Waals surface area contributed by atoms with E-state index in [4.69, 9.17) is 11.6 Å². The highest BCUT2D eigenvalue weighted by molar-refractivity contribution is 7.99. The Kier molecular flexibility index (Phi) is 6.93. The van der Waals surface area contributed by atoms with Crippen LogP contribution in [0.5, 0.6) is 0 Å². The first-order valence-corrected chi connectivity index (χ1v) is 11.0. The number of anilines is 1. The fourth-order valence-corrected chi connectivity index (χ4v) is 4.39. The maximum absolute atomic E-state index is 12.3. The number of para-hydroxylation sites is 1. The quantitative estimate of drug-likeness (QED) is 0.366. The average Bonchev–Trinajstić information content (AvgIpc) is 3.29. The molecule has 3 aromatic rings. The van der Waals surface area contributed by atoms with Gasteiger partial charge in [-0.05, 0) is 24.1 Å². The Balaban J connectivity index is 1.73. The van der Waals surface area contributed by atoms with Crippen molar-refractivity contribution in [2.45, 2.75) is 31.5 Å². The molecule has 2 aromatic heterocycles. The van der Waals surface area contributed by atoms with Crippen molar-refractivity contribution >= 4 is 46.3 Å². The molecule has 0 bridgehead atoms. The number of rotatable bonds is 8. The molecule has 0 aliphatic heterocycles. The van der Waals surface area contributed by atoms with Crippen molar-refractivity contribution in [1.82, 2.24) is 14.8 Å². The highest BCUT2D eigenvalue weighted by Crippen LogP contribution is 2.31. The van der Waals surface area contributed by atoms with Crippen LogP contribution in [0.2, 0.25) is 5.02 Å². The van der Waals surface area contributed by atoms with E-state index < -0.39 is 0 Å². The summed E-state index contributed by atoms with van der Waals surface area (Å²) in [4.78, 5) is 13.6. The standard InChI is InChI=1S/C20H21ClN4OS2/c1-4-9-25-19(14-10-17(13(2)3)27-11-14)23-24-20(25)28-12-18(26)22-16-8-6-5-7-15(16)21/h4-8,10-11,13H,1,9,12H2,2-3H3,(H,22,26). The lowest BCUT2D eigenvalue weighted by atomic mass is 10.1. The van der Waals surface area contributed by atoms with Crippen LogP contribution in [0.4, 0.5) is 5.69 Å². The number of allylic oxidation sites excluding steroid dienone is 1. The molecule has 0 spiro atoms. The van der Waals surface area contributed by atoms with Gasteiger partial charge < -0.3 is 5.32 Å². The van der Waals surface area contributed by atoms with Gasteiger partial charge in [-0.2, -0.15) is 0 Å². The van der Waals surface area contributed by atoms with E-state index in [1.54, 1.807) is 29.5 Å². The fraction of sp³-hybridized carbons (Fsp3) is 0.250. The van der Waals surface area contributed by atoms with Crippen molar-refractivity contribution in [2.75, 3.05) is 11.1 Å². The molecule has 3 rings (SSSR count). The van der Waals surface area contributed by atoms with Crippen LogP contribution in [0.3, 0.4) is 0 Å². The number of carbonyl (C=O) groups is 1.